The molecule has 270 valence electrons. The summed E-state index contributed by atoms with van der Waals surface area (Å²) in [4.78, 5) is 28.9. The number of sulfonamides is 1. The van der Waals surface area contributed by atoms with Crippen LogP contribution < -0.4 is 14.2 Å². The van der Waals surface area contributed by atoms with Crippen LogP contribution >= 0.6 is 23.2 Å². The Kier molecular flexibility index (Phi) is 12.0. The molecule has 2 aromatic carbocycles. The van der Waals surface area contributed by atoms with Gasteiger partial charge in [0, 0.05) is 57.8 Å². The van der Waals surface area contributed by atoms with E-state index >= 15 is 0 Å². The van der Waals surface area contributed by atoms with Crippen LogP contribution in [0.3, 0.4) is 0 Å². The van der Waals surface area contributed by atoms with Crippen molar-refractivity contribution in [2.24, 2.45) is 5.92 Å². The van der Waals surface area contributed by atoms with Gasteiger partial charge in [0.1, 0.15) is 16.1 Å². The first kappa shape index (κ1) is 37.5. The van der Waals surface area contributed by atoms with Crippen molar-refractivity contribution in [3.8, 4) is 11.5 Å². The quantitative estimate of drug-likeness (QED) is 0.132. The number of pyridine rings is 1. The van der Waals surface area contributed by atoms with E-state index in [1.54, 1.807) is 25.1 Å². The van der Waals surface area contributed by atoms with Gasteiger partial charge in [0.05, 0.1) is 18.0 Å². The third-order valence-electron chi connectivity index (χ3n) is 8.26. The number of carbonyl (C=O) groups is 2. The summed E-state index contributed by atoms with van der Waals surface area (Å²) in [6, 6.07) is 10.1. The zero-order chi connectivity index (χ0) is 36.2. The van der Waals surface area contributed by atoms with E-state index in [-0.39, 0.29) is 77.1 Å². The van der Waals surface area contributed by atoms with Gasteiger partial charge in [0.2, 0.25) is 10.0 Å². The third-order valence-corrected chi connectivity index (χ3v) is 10.8. The predicted octanol–water partition coefficient (Wildman–Crippen LogP) is 4.55. The molecule has 12 nitrogen and oxygen atoms in total. The molecule has 0 N–H and O–H groups in total. The number of amides is 1. The summed E-state index contributed by atoms with van der Waals surface area (Å²) in [7, 11) is -0.762. The lowest BCUT2D eigenvalue weighted by Gasteiger charge is -2.33. The number of piperazine rings is 1. The molecule has 17 heteroatoms. The zero-order valence-electron chi connectivity index (χ0n) is 27.3. The molecule has 0 bridgehead atoms. The third kappa shape index (κ3) is 9.51. The fourth-order valence-electron chi connectivity index (χ4n) is 5.37. The van der Waals surface area contributed by atoms with Gasteiger partial charge >= 0.3 is 12.6 Å². The van der Waals surface area contributed by atoms with Crippen LogP contribution in [0, 0.1) is 11.1 Å². The zero-order valence-corrected chi connectivity index (χ0v) is 29.6. The summed E-state index contributed by atoms with van der Waals surface area (Å²) < 4.78 is 71.2. The molecular formula is C33H36Cl2F2N4O8S. The number of carbonyl (C=O) groups excluding carboxylic acids is 2. The maximum atomic E-state index is 13.4. The van der Waals surface area contributed by atoms with Gasteiger partial charge in [-0.05, 0) is 54.7 Å². The highest BCUT2D eigenvalue weighted by atomic mass is 35.5. The highest BCUT2D eigenvalue weighted by molar-refractivity contribution is 7.89. The molecule has 1 amide bonds. The van der Waals surface area contributed by atoms with E-state index in [2.05, 4.69) is 4.74 Å². The molecule has 3 aromatic rings. The van der Waals surface area contributed by atoms with E-state index in [1.165, 1.54) is 45.6 Å². The first-order valence-electron chi connectivity index (χ1n) is 15.7. The molecule has 1 aliphatic carbocycles. The second-order valence-corrected chi connectivity index (χ2v) is 15.0. The number of halogens is 4. The summed E-state index contributed by atoms with van der Waals surface area (Å²) in [6.07, 6.45) is 3.03. The molecular weight excluding hydrogens is 721 g/mol. The Balaban J connectivity index is 1.30. The van der Waals surface area contributed by atoms with E-state index in [9.17, 15) is 32.0 Å². The molecule has 1 unspecified atom stereocenters. The largest absolute Gasteiger partial charge is 0.619 e. The highest BCUT2D eigenvalue weighted by Gasteiger charge is 2.31. The molecule has 0 spiro atoms. The number of benzene rings is 2. The fourth-order valence-corrected chi connectivity index (χ4v) is 7.43. The maximum absolute atomic E-state index is 13.4. The fraction of sp³-hybridized carbons (Fsp3) is 0.424. The van der Waals surface area contributed by atoms with E-state index < -0.39 is 28.7 Å². The van der Waals surface area contributed by atoms with Crippen molar-refractivity contribution < 1.29 is 45.7 Å². The van der Waals surface area contributed by atoms with Crippen LogP contribution in [0.15, 0.2) is 59.8 Å². The van der Waals surface area contributed by atoms with Crippen LogP contribution in [-0.4, -0.2) is 94.4 Å². The Bertz CT molecular complexity index is 1800. The lowest BCUT2D eigenvalue weighted by Crippen LogP contribution is -2.50. The smallest absolute Gasteiger partial charge is 0.387 e. The van der Waals surface area contributed by atoms with Crippen molar-refractivity contribution in [1.82, 2.24) is 14.1 Å². The Morgan fingerprint density at radius 1 is 1.02 bits per heavy atom. The van der Waals surface area contributed by atoms with Crippen molar-refractivity contribution in [3.05, 3.63) is 86.8 Å². The van der Waals surface area contributed by atoms with Crippen LogP contribution in [-0.2, 0) is 26.0 Å². The Morgan fingerprint density at radius 3 is 2.32 bits per heavy atom. The van der Waals surface area contributed by atoms with Gasteiger partial charge in [-0.1, -0.05) is 35.3 Å². The molecule has 0 radical (unpaired) electrons. The number of hydrogen-bond acceptors (Lipinski definition) is 9. The van der Waals surface area contributed by atoms with Crippen LogP contribution in [0.5, 0.6) is 11.5 Å². The van der Waals surface area contributed by atoms with Gasteiger partial charge in [0.15, 0.2) is 23.9 Å². The number of aromatic nitrogens is 1. The van der Waals surface area contributed by atoms with E-state index in [1.807, 2.05) is 0 Å². The minimum absolute atomic E-state index is 0.00733. The topological polar surface area (TPSA) is 133 Å². The van der Waals surface area contributed by atoms with Gasteiger partial charge in [0.25, 0.3) is 5.91 Å². The van der Waals surface area contributed by atoms with E-state index in [0.717, 1.165) is 25.2 Å². The molecule has 1 aliphatic heterocycles. The van der Waals surface area contributed by atoms with Gasteiger partial charge in [-0.2, -0.15) is 17.8 Å². The van der Waals surface area contributed by atoms with Crippen molar-refractivity contribution in [1.29, 1.82) is 0 Å². The van der Waals surface area contributed by atoms with E-state index in [4.69, 9.17) is 32.7 Å². The van der Waals surface area contributed by atoms with Gasteiger partial charge in [-0.15, -0.1) is 0 Å². The molecule has 1 saturated carbocycles. The predicted molar refractivity (Wildman–Crippen MR) is 179 cm³/mol. The maximum Gasteiger partial charge on any atom is 0.387 e. The van der Waals surface area contributed by atoms with Gasteiger partial charge < -0.3 is 24.3 Å². The second kappa shape index (κ2) is 16.1. The average Bonchev–Trinajstić information content (AvgIpc) is 3.90. The molecule has 1 atom stereocenters. The number of alkyl halides is 2. The normalized spacial score (nSPS) is 16.2. The van der Waals surface area contributed by atoms with Crippen molar-refractivity contribution in [2.45, 2.75) is 36.9 Å². The van der Waals surface area contributed by atoms with Crippen LogP contribution in [0.2, 0.25) is 10.0 Å². The van der Waals surface area contributed by atoms with Gasteiger partial charge in [-0.25, -0.2) is 8.42 Å². The lowest BCUT2D eigenvalue weighted by atomic mass is 10.0. The summed E-state index contributed by atoms with van der Waals surface area (Å²) in [5, 5.41) is 11.9. The monoisotopic (exact) mass is 756 g/mol. The first-order valence-corrected chi connectivity index (χ1v) is 17.9. The molecule has 2 aliphatic rings. The van der Waals surface area contributed by atoms with Crippen molar-refractivity contribution in [3.63, 3.8) is 0 Å². The van der Waals surface area contributed by atoms with Crippen LogP contribution in [0.25, 0.3) is 0 Å². The Labute approximate surface area is 298 Å². The number of rotatable bonds is 14. The standard InChI is InChI=1S/C33H36Cl2F2N4O8S/c1-38(2)32(43)23-4-3-5-24(14-23)50(45,46)41-12-10-39(11-13-41)19-31(42)48-29(16-25-26(34)17-40(44)18-27(25)35)22-8-9-28(49-33(36)37)30(15-22)47-20-21-6-7-21/h3-5,8-9,14-15,17-18,21,29,33H,6-7,10-13,16,19-20H2,1-2H3. The highest BCUT2D eigenvalue weighted by Crippen LogP contribution is 2.38. The van der Waals surface area contributed by atoms with Crippen molar-refractivity contribution in [2.75, 3.05) is 53.4 Å². The summed E-state index contributed by atoms with van der Waals surface area (Å²) in [6.45, 7) is -2.38. The number of ether oxygens (including phenoxy) is 3. The summed E-state index contributed by atoms with van der Waals surface area (Å²) in [5.74, 6) is -0.806. The molecule has 50 heavy (non-hydrogen) atoms. The minimum Gasteiger partial charge on any atom is -0.619 e. The molecule has 2 fully saturated rings. The second-order valence-electron chi connectivity index (χ2n) is 12.2. The number of esters is 1. The number of nitrogens with zero attached hydrogens (tertiary/aromatic N) is 4. The Morgan fingerprint density at radius 2 is 1.70 bits per heavy atom. The summed E-state index contributed by atoms with van der Waals surface area (Å²) >= 11 is 12.7. The SMILES string of the molecule is CN(C)C(=O)c1cccc(S(=O)(=O)N2CCN(CC(=O)OC(Cc3c(Cl)c[n+]([O-])cc3Cl)c3ccc(OC(F)F)c(OCC4CC4)c3)CC2)c1. The molecule has 1 saturated heterocycles. The minimum atomic E-state index is -3.92. The average molecular weight is 758 g/mol. The molecule has 1 aromatic heterocycles. The van der Waals surface area contributed by atoms with Crippen LogP contribution in [0.1, 0.15) is 40.4 Å². The van der Waals surface area contributed by atoms with E-state index in [0.29, 0.717) is 28.4 Å². The molecule has 5 rings (SSSR count). The van der Waals surface area contributed by atoms with Crippen LogP contribution in [0.4, 0.5) is 8.78 Å². The Hall–Kier alpha value is -3.76. The number of hydrogen-bond donors (Lipinski definition) is 0. The lowest BCUT2D eigenvalue weighted by molar-refractivity contribution is -0.605. The molecule has 2 heterocycles. The van der Waals surface area contributed by atoms with Crippen molar-refractivity contribution >= 4 is 45.1 Å². The first-order chi connectivity index (χ1) is 23.7. The summed E-state index contributed by atoms with van der Waals surface area (Å²) in [5.41, 5.74) is 0.944. The van der Waals surface area contributed by atoms with Gasteiger partial charge in [-0.3, -0.25) is 14.5 Å².